The molecular formula is C12H8BrClFNO. The first-order chi connectivity index (χ1) is 8.15. The standard InChI is InChI=1S/C12H8BrClFNO/c13-10-6-9(4-5-11(10)15)17-7-8-2-1-3-12(14)16-8/h1-6H,7H2. The van der Waals surface area contributed by atoms with Gasteiger partial charge < -0.3 is 4.74 Å². The molecule has 1 aromatic carbocycles. The van der Waals surface area contributed by atoms with Crippen LogP contribution in [0.15, 0.2) is 40.9 Å². The first-order valence-corrected chi connectivity index (χ1v) is 6.01. The van der Waals surface area contributed by atoms with Crippen LogP contribution in [0.5, 0.6) is 5.75 Å². The molecule has 0 saturated heterocycles. The number of ether oxygens (including phenoxy) is 1. The summed E-state index contributed by atoms with van der Waals surface area (Å²) >= 11 is 8.84. The summed E-state index contributed by atoms with van der Waals surface area (Å²) in [5, 5.41) is 0.423. The third kappa shape index (κ3) is 3.41. The third-order valence-electron chi connectivity index (χ3n) is 2.05. The molecule has 0 spiro atoms. The zero-order chi connectivity index (χ0) is 12.3. The topological polar surface area (TPSA) is 22.1 Å². The number of pyridine rings is 1. The molecule has 0 radical (unpaired) electrons. The van der Waals surface area contributed by atoms with Crippen molar-refractivity contribution in [2.24, 2.45) is 0 Å². The number of rotatable bonds is 3. The van der Waals surface area contributed by atoms with E-state index in [0.29, 0.717) is 22.0 Å². The van der Waals surface area contributed by atoms with Gasteiger partial charge in [-0.15, -0.1) is 0 Å². The second-order valence-corrected chi connectivity index (χ2v) is 4.56. The van der Waals surface area contributed by atoms with Gasteiger partial charge in [-0.25, -0.2) is 9.37 Å². The van der Waals surface area contributed by atoms with Crippen LogP contribution in [0.3, 0.4) is 0 Å². The lowest BCUT2D eigenvalue weighted by atomic mass is 10.3. The molecule has 0 saturated carbocycles. The van der Waals surface area contributed by atoms with Gasteiger partial charge in [-0.1, -0.05) is 17.7 Å². The van der Waals surface area contributed by atoms with Crippen LogP contribution in [0.1, 0.15) is 5.69 Å². The minimum atomic E-state index is -0.321. The summed E-state index contributed by atoms with van der Waals surface area (Å²) in [6.45, 7) is 0.290. The Morgan fingerprint density at radius 1 is 1.29 bits per heavy atom. The average molecular weight is 317 g/mol. The molecule has 17 heavy (non-hydrogen) atoms. The van der Waals surface area contributed by atoms with Gasteiger partial charge in [0.15, 0.2) is 0 Å². The predicted molar refractivity (Wildman–Crippen MR) is 67.7 cm³/mol. The van der Waals surface area contributed by atoms with Crippen molar-refractivity contribution < 1.29 is 9.13 Å². The van der Waals surface area contributed by atoms with Crippen molar-refractivity contribution in [3.63, 3.8) is 0 Å². The predicted octanol–water partition coefficient (Wildman–Crippen LogP) is 4.22. The molecule has 0 atom stereocenters. The summed E-state index contributed by atoms with van der Waals surface area (Å²) in [6.07, 6.45) is 0. The van der Waals surface area contributed by atoms with Crippen LogP contribution in [-0.2, 0) is 6.61 Å². The van der Waals surface area contributed by atoms with E-state index in [1.807, 2.05) is 6.07 Å². The van der Waals surface area contributed by atoms with Gasteiger partial charge in [-0.3, -0.25) is 0 Å². The van der Waals surface area contributed by atoms with E-state index in [1.165, 1.54) is 6.07 Å². The van der Waals surface area contributed by atoms with Crippen LogP contribution >= 0.6 is 27.5 Å². The third-order valence-corrected chi connectivity index (χ3v) is 2.87. The summed E-state index contributed by atoms with van der Waals surface area (Å²) in [4.78, 5) is 4.08. The van der Waals surface area contributed by atoms with Gasteiger partial charge in [-0.05, 0) is 46.3 Å². The lowest BCUT2D eigenvalue weighted by Gasteiger charge is -2.06. The summed E-state index contributed by atoms with van der Waals surface area (Å²) in [5.41, 5.74) is 0.720. The molecule has 0 amide bonds. The molecule has 0 N–H and O–H groups in total. The zero-order valence-electron chi connectivity index (χ0n) is 8.66. The fourth-order valence-electron chi connectivity index (χ4n) is 1.25. The van der Waals surface area contributed by atoms with E-state index in [0.717, 1.165) is 5.69 Å². The second kappa shape index (κ2) is 5.47. The molecule has 0 unspecified atom stereocenters. The Bertz CT molecular complexity index is 536. The molecule has 0 bridgehead atoms. The Balaban J connectivity index is 2.05. The second-order valence-electron chi connectivity index (χ2n) is 3.32. The average Bonchev–Trinajstić information content (AvgIpc) is 2.31. The van der Waals surface area contributed by atoms with E-state index in [2.05, 4.69) is 20.9 Å². The summed E-state index contributed by atoms with van der Waals surface area (Å²) in [7, 11) is 0. The van der Waals surface area contributed by atoms with Gasteiger partial charge in [0, 0.05) is 0 Å². The van der Waals surface area contributed by atoms with Crippen LogP contribution in [0, 0.1) is 5.82 Å². The first-order valence-electron chi connectivity index (χ1n) is 4.84. The smallest absolute Gasteiger partial charge is 0.137 e. The van der Waals surface area contributed by atoms with Gasteiger partial charge in [-0.2, -0.15) is 0 Å². The fraction of sp³-hybridized carbons (Fsp3) is 0.0833. The summed E-state index contributed by atoms with van der Waals surface area (Å²) in [5.74, 6) is 0.248. The summed E-state index contributed by atoms with van der Waals surface area (Å²) < 4.78 is 18.8. The molecule has 2 aromatic rings. The maximum Gasteiger partial charge on any atom is 0.137 e. The fourth-order valence-corrected chi connectivity index (χ4v) is 1.79. The molecule has 0 aliphatic carbocycles. The molecule has 0 aliphatic heterocycles. The van der Waals surface area contributed by atoms with Crippen LogP contribution in [0.2, 0.25) is 5.15 Å². The van der Waals surface area contributed by atoms with E-state index in [4.69, 9.17) is 16.3 Å². The van der Waals surface area contributed by atoms with Crippen LogP contribution in [0.25, 0.3) is 0 Å². The minimum Gasteiger partial charge on any atom is -0.487 e. The Morgan fingerprint density at radius 2 is 2.12 bits per heavy atom. The number of halogens is 3. The number of aromatic nitrogens is 1. The highest BCUT2D eigenvalue weighted by atomic mass is 79.9. The van der Waals surface area contributed by atoms with Crippen molar-refractivity contribution in [1.82, 2.24) is 4.98 Å². The van der Waals surface area contributed by atoms with E-state index >= 15 is 0 Å². The molecular weight excluding hydrogens is 308 g/mol. The van der Waals surface area contributed by atoms with Gasteiger partial charge in [0.05, 0.1) is 10.2 Å². The van der Waals surface area contributed by atoms with Crippen molar-refractivity contribution in [3.05, 3.63) is 57.5 Å². The lowest BCUT2D eigenvalue weighted by molar-refractivity contribution is 0.300. The minimum absolute atomic E-state index is 0.290. The maximum absolute atomic E-state index is 13.0. The van der Waals surface area contributed by atoms with E-state index in [9.17, 15) is 4.39 Å². The quantitative estimate of drug-likeness (QED) is 0.791. The normalized spacial score (nSPS) is 10.3. The number of benzene rings is 1. The number of hydrogen-bond acceptors (Lipinski definition) is 2. The van der Waals surface area contributed by atoms with Crippen LogP contribution < -0.4 is 4.74 Å². The molecule has 88 valence electrons. The van der Waals surface area contributed by atoms with Gasteiger partial charge >= 0.3 is 0 Å². The number of hydrogen-bond donors (Lipinski definition) is 0. The van der Waals surface area contributed by atoms with Crippen LogP contribution in [-0.4, -0.2) is 4.98 Å². The first kappa shape index (κ1) is 12.3. The molecule has 1 heterocycles. The highest BCUT2D eigenvalue weighted by Gasteiger charge is 2.02. The molecule has 2 nitrogen and oxygen atoms in total. The molecule has 5 heteroatoms. The maximum atomic E-state index is 13.0. The zero-order valence-corrected chi connectivity index (χ0v) is 11.0. The Labute approximate surface area is 112 Å². The van der Waals surface area contributed by atoms with Crippen molar-refractivity contribution >= 4 is 27.5 Å². The van der Waals surface area contributed by atoms with Crippen molar-refractivity contribution in [2.45, 2.75) is 6.61 Å². The van der Waals surface area contributed by atoms with E-state index < -0.39 is 0 Å². The van der Waals surface area contributed by atoms with Crippen molar-refractivity contribution in [1.29, 1.82) is 0 Å². The van der Waals surface area contributed by atoms with Gasteiger partial charge in [0.25, 0.3) is 0 Å². The lowest BCUT2D eigenvalue weighted by Crippen LogP contribution is -1.98. The van der Waals surface area contributed by atoms with E-state index in [1.54, 1.807) is 24.3 Å². The summed E-state index contributed by atoms with van der Waals surface area (Å²) in [6, 6.07) is 9.77. The van der Waals surface area contributed by atoms with Gasteiger partial charge in [0.1, 0.15) is 23.3 Å². The largest absolute Gasteiger partial charge is 0.487 e. The van der Waals surface area contributed by atoms with Crippen molar-refractivity contribution in [3.8, 4) is 5.75 Å². The highest BCUT2D eigenvalue weighted by Crippen LogP contribution is 2.22. The molecule has 2 rings (SSSR count). The van der Waals surface area contributed by atoms with Gasteiger partial charge in [0.2, 0.25) is 0 Å². The monoisotopic (exact) mass is 315 g/mol. The van der Waals surface area contributed by atoms with E-state index in [-0.39, 0.29) is 5.82 Å². The highest BCUT2D eigenvalue weighted by molar-refractivity contribution is 9.10. The van der Waals surface area contributed by atoms with Crippen LogP contribution in [0.4, 0.5) is 4.39 Å². The Morgan fingerprint density at radius 3 is 2.82 bits per heavy atom. The molecule has 1 aromatic heterocycles. The molecule has 0 aliphatic rings. The van der Waals surface area contributed by atoms with Crippen molar-refractivity contribution in [2.75, 3.05) is 0 Å². The Kier molecular flexibility index (Phi) is 3.97. The number of nitrogens with zero attached hydrogens (tertiary/aromatic N) is 1. The SMILES string of the molecule is Fc1ccc(OCc2cccc(Cl)n2)cc1Br. The Hall–Kier alpha value is -1.13. The molecule has 0 fully saturated rings.